The summed E-state index contributed by atoms with van der Waals surface area (Å²) in [5, 5.41) is 12.2. The van der Waals surface area contributed by atoms with E-state index in [-0.39, 0.29) is 42.4 Å². The average Bonchev–Trinajstić information content (AvgIpc) is 3.61. The summed E-state index contributed by atoms with van der Waals surface area (Å²) < 4.78 is 15.8. The Hall–Kier alpha value is -4.48. The zero-order valence-electron chi connectivity index (χ0n) is 23.4. The number of hydrogen-bond donors (Lipinski definition) is 3. The van der Waals surface area contributed by atoms with E-state index in [9.17, 15) is 19.2 Å². The predicted molar refractivity (Wildman–Crippen MR) is 145 cm³/mol. The van der Waals surface area contributed by atoms with E-state index in [1.165, 1.54) is 6.20 Å². The van der Waals surface area contributed by atoms with Crippen molar-refractivity contribution >= 4 is 23.8 Å². The number of ether oxygens (including phenoxy) is 2. The molecule has 2 aromatic heterocycles. The van der Waals surface area contributed by atoms with Gasteiger partial charge in [-0.15, -0.1) is 0 Å². The number of aromatic amines is 1. The first-order chi connectivity index (χ1) is 19.0. The molecule has 0 aliphatic heterocycles. The van der Waals surface area contributed by atoms with Crippen LogP contribution in [0.3, 0.4) is 0 Å². The summed E-state index contributed by atoms with van der Waals surface area (Å²) in [4.78, 5) is 54.1. The van der Waals surface area contributed by atoms with Crippen LogP contribution in [0.25, 0.3) is 22.7 Å². The number of carbonyl (C=O) groups is 4. The number of nitrogens with one attached hydrogen (secondary N) is 3. The Bertz CT molecular complexity index is 1250. The van der Waals surface area contributed by atoms with Crippen LogP contribution in [-0.2, 0) is 19.1 Å². The normalized spacial score (nSPS) is 12.6. The molecule has 0 bridgehead atoms. The molecule has 0 unspecified atom stereocenters. The SMILES string of the molecule is CCOC(=O)[C@@H](NC(=O)c1cc(-c2cccc(-c3ncc(C(=O)N[C@H](C(=O)OCC)C(C)C)o3)c2)[nH]n1)C(C)C. The molecule has 2 amide bonds. The molecule has 0 saturated heterocycles. The fourth-order valence-corrected chi connectivity index (χ4v) is 3.81. The molecule has 0 fully saturated rings. The minimum atomic E-state index is -0.829. The molecule has 3 rings (SSSR count). The third-order valence-corrected chi connectivity index (χ3v) is 5.95. The van der Waals surface area contributed by atoms with E-state index in [2.05, 4.69) is 25.8 Å². The Labute approximate surface area is 232 Å². The molecule has 214 valence electrons. The van der Waals surface area contributed by atoms with Crippen LogP contribution >= 0.6 is 0 Å². The third kappa shape index (κ3) is 7.33. The van der Waals surface area contributed by atoms with Gasteiger partial charge in [0.25, 0.3) is 11.8 Å². The standard InChI is InChI=1S/C28H35N5O7/c1-7-38-27(36)22(15(3)4)30-24(34)20-13-19(32-33-20)17-10-9-11-18(12-17)26-29-14-21(40-26)25(35)31-23(16(5)6)28(37)39-8-2/h9-16,22-23H,7-8H2,1-6H3,(H,30,34)(H,31,35)(H,32,33)/t22-,23-/m0/s1. The minimum Gasteiger partial charge on any atom is -0.464 e. The van der Waals surface area contributed by atoms with E-state index in [0.717, 1.165) is 0 Å². The maximum Gasteiger partial charge on any atom is 0.328 e. The number of nitrogens with zero attached hydrogens (tertiary/aromatic N) is 2. The molecule has 0 spiro atoms. The summed E-state index contributed by atoms with van der Waals surface area (Å²) >= 11 is 0. The van der Waals surface area contributed by atoms with Gasteiger partial charge in [-0.3, -0.25) is 14.7 Å². The monoisotopic (exact) mass is 553 g/mol. The number of amides is 2. The van der Waals surface area contributed by atoms with Crippen molar-refractivity contribution < 1.29 is 33.1 Å². The second-order valence-corrected chi connectivity index (χ2v) is 9.67. The molecule has 0 aliphatic carbocycles. The highest BCUT2D eigenvalue weighted by molar-refractivity contribution is 5.96. The molecule has 2 atom stereocenters. The molecule has 0 radical (unpaired) electrons. The zero-order valence-corrected chi connectivity index (χ0v) is 23.4. The van der Waals surface area contributed by atoms with Gasteiger partial charge in [0.05, 0.1) is 25.1 Å². The molecule has 12 nitrogen and oxygen atoms in total. The van der Waals surface area contributed by atoms with Crippen molar-refractivity contribution in [2.24, 2.45) is 11.8 Å². The van der Waals surface area contributed by atoms with E-state index in [4.69, 9.17) is 13.9 Å². The van der Waals surface area contributed by atoms with Crippen LogP contribution in [0, 0.1) is 11.8 Å². The Morgan fingerprint density at radius 3 is 2.02 bits per heavy atom. The summed E-state index contributed by atoms with van der Waals surface area (Å²) in [6.07, 6.45) is 1.28. The van der Waals surface area contributed by atoms with E-state index < -0.39 is 35.8 Å². The number of esters is 2. The molecule has 0 aliphatic rings. The first-order valence-electron chi connectivity index (χ1n) is 13.1. The number of hydrogen-bond acceptors (Lipinski definition) is 9. The number of carbonyl (C=O) groups excluding carboxylic acids is 4. The number of aromatic nitrogens is 3. The van der Waals surface area contributed by atoms with Crippen LogP contribution in [0.4, 0.5) is 0 Å². The van der Waals surface area contributed by atoms with Crippen molar-refractivity contribution in [2.45, 2.75) is 53.6 Å². The van der Waals surface area contributed by atoms with Crippen LogP contribution in [-0.4, -0.2) is 64.2 Å². The number of oxazole rings is 1. The van der Waals surface area contributed by atoms with Crippen molar-refractivity contribution in [2.75, 3.05) is 13.2 Å². The molecule has 40 heavy (non-hydrogen) atoms. The largest absolute Gasteiger partial charge is 0.464 e. The third-order valence-electron chi connectivity index (χ3n) is 5.95. The lowest BCUT2D eigenvalue weighted by Crippen LogP contribution is -2.45. The summed E-state index contributed by atoms with van der Waals surface area (Å²) in [6, 6.07) is 7.01. The van der Waals surface area contributed by atoms with E-state index in [1.54, 1.807) is 58.0 Å². The average molecular weight is 554 g/mol. The van der Waals surface area contributed by atoms with E-state index in [1.807, 2.05) is 13.8 Å². The molecule has 12 heteroatoms. The first kappa shape index (κ1) is 30.1. The lowest BCUT2D eigenvalue weighted by Gasteiger charge is -2.19. The topological polar surface area (TPSA) is 166 Å². The Balaban J connectivity index is 1.75. The Kier molecular flexibility index (Phi) is 10.2. The maximum atomic E-state index is 12.8. The Morgan fingerprint density at radius 2 is 1.45 bits per heavy atom. The fourth-order valence-electron chi connectivity index (χ4n) is 3.81. The van der Waals surface area contributed by atoms with Crippen molar-refractivity contribution in [1.29, 1.82) is 0 Å². The van der Waals surface area contributed by atoms with Crippen molar-refractivity contribution in [1.82, 2.24) is 25.8 Å². The van der Waals surface area contributed by atoms with Crippen molar-refractivity contribution in [3.8, 4) is 22.7 Å². The van der Waals surface area contributed by atoms with Gasteiger partial charge in [0.1, 0.15) is 12.1 Å². The molecule has 1 aromatic carbocycles. The second-order valence-electron chi connectivity index (χ2n) is 9.67. The van der Waals surface area contributed by atoms with Gasteiger partial charge >= 0.3 is 11.9 Å². The van der Waals surface area contributed by atoms with Gasteiger partial charge in [-0.05, 0) is 43.9 Å². The van der Waals surface area contributed by atoms with Crippen molar-refractivity contribution in [3.05, 3.63) is 48.0 Å². The number of H-pyrrole nitrogens is 1. The van der Waals surface area contributed by atoms with Crippen LogP contribution < -0.4 is 10.6 Å². The summed E-state index contributed by atoms with van der Waals surface area (Å²) in [5.41, 5.74) is 1.90. The van der Waals surface area contributed by atoms with Crippen LogP contribution in [0.2, 0.25) is 0 Å². The molecular formula is C28H35N5O7. The van der Waals surface area contributed by atoms with Gasteiger partial charge in [-0.25, -0.2) is 14.6 Å². The second kappa shape index (κ2) is 13.5. The molecular weight excluding hydrogens is 518 g/mol. The van der Waals surface area contributed by atoms with Gasteiger partial charge in [0.15, 0.2) is 5.69 Å². The quantitative estimate of drug-likeness (QED) is 0.285. The summed E-state index contributed by atoms with van der Waals surface area (Å²) in [5.74, 6) is -2.37. The van der Waals surface area contributed by atoms with Gasteiger partial charge in [-0.1, -0.05) is 39.8 Å². The summed E-state index contributed by atoms with van der Waals surface area (Å²) in [6.45, 7) is 11.0. The molecule has 2 heterocycles. The smallest absolute Gasteiger partial charge is 0.328 e. The highest BCUT2D eigenvalue weighted by Crippen LogP contribution is 2.26. The van der Waals surface area contributed by atoms with Crippen molar-refractivity contribution in [3.63, 3.8) is 0 Å². The van der Waals surface area contributed by atoms with Gasteiger partial charge in [0.2, 0.25) is 11.7 Å². The highest BCUT2D eigenvalue weighted by Gasteiger charge is 2.28. The van der Waals surface area contributed by atoms with E-state index in [0.29, 0.717) is 16.8 Å². The first-order valence-corrected chi connectivity index (χ1v) is 13.1. The summed E-state index contributed by atoms with van der Waals surface area (Å²) in [7, 11) is 0. The lowest BCUT2D eigenvalue weighted by molar-refractivity contribution is -0.147. The Morgan fingerprint density at radius 1 is 0.875 bits per heavy atom. The van der Waals surface area contributed by atoms with Gasteiger partial charge in [0, 0.05) is 11.1 Å². The molecule has 3 aromatic rings. The van der Waals surface area contributed by atoms with Crippen LogP contribution in [0.5, 0.6) is 0 Å². The number of benzene rings is 1. The minimum absolute atomic E-state index is 0.0582. The molecule has 0 saturated carbocycles. The zero-order chi connectivity index (χ0) is 29.4. The lowest BCUT2D eigenvalue weighted by atomic mass is 10.0. The van der Waals surface area contributed by atoms with Crippen LogP contribution in [0.15, 0.2) is 40.9 Å². The van der Waals surface area contributed by atoms with E-state index >= 15 is 0 Å². The molecule has 3 N–H and O–H groups in total. The maximum absolute atomic E-state index is 12.8. The fraction of sp³-hybridized carbons (Fsp3) is 0.429. The van der Waals surface area contributed by atoms with Gasteiger partial charge in [-0.2, -0.15) is 5.10 Å². The van der Waals surface area contributed by atoms with Crippen LogP contribution in [0.1, 0.15) is 62.6 Å². The highest BCUT2D eigenvalue weighted by atomic mass is 16.5. The predicted octanol–water partition coefficient (Wildman–Crippen LogP) is 3.37. The van der Waals surface area contributed by atoms with Gasteiger partial charge < -0.3 is 24.5 Å². The number of rotatable bonds is 12.